The van der Waals surface area contributed by atoms with E-state index in [0.29, 0.717) is 6.54 Å². The van der Waals surface area contributed by atoms with Crippen LogP contribution in [0.4, 0.5) is 0 Å². The van der Waals surface area contributed by atoms with E-state index in [-0.39, 0.29) is 6.10 Å². The summed E-state index contributed by atoms with van der Waals surface area (Å²) in [6.07, 6.45) is 1.92. The van der Waals surface area contributed by atoms with Gasteiger partial charge in [-0.1, -0.05) is 18.2 Å². The van der Waals surface area contributed by atoms with Crippen molar-refractivity contribution in [3.63, 3.8) is 0 Å². The van der Waals surface area contributed by atoms with Crippen LogP contribution in [0.2, 0.25) is 0 Å². The van der Waals surface area contributed by atoms with Crippen LogP contribution >= 0.6 is 11.3 Å². The maximum atomic E-state index is 5.88. The van der Waals surface area contributed by atoms with Crippen molar-refractivity contribution < 1.29 is 4.74 Å². The lowest BCUT2D eigenvalue weighted by Gasteiger charge is -2.13. The molecule has 0 fully saturated rings. The molecule has 2 aromatic rings. The van der Waals surface area contributed by atoms with Crippen molar-refractivity contribution in [3.8, 4) is 5.75 Å². The molecule has 0 radical (unpaired) electrons. The molecule has 2 rings (SSSR count). The lowest BCUT2D eigenvalue weighted by molar-refractivity contribution is 0.240. The summed E-state index contributed by atoms with van der Waals surface area (Å²) in [6, 6.07) is 8.23. The molecule has 0 aliphatic carbocycles. The third-order valence-electron chi connectivity index (χ3n) is 2.98. The van der Waals surface area contributed by atoms with Gasteiger partial charge in [0, 0.05) is 17.7 Å². The van der Waals surface area contributed by atoms with Gasteiger partial charge < -0.3 is 10.5 Å². The summed E-state index contributed by atoms with van der Waals surface area (Å²) < 4.78 is 5.88. The van der Waals surface area contributed by atoms with E-state index in [2.05, 4.69) is 24.0 Å². The summed E-state index contributed by atoms with van der Waals surface area (Å²) >= 11 is 1.76. The molecule has 0 bridgehead atoms. The summed E-state index contributed by atoms with van der Waals surface area (Å²) in [5, 5.41) is 1.13. The maximum Gasteiger partial charge on any atom is 0.123 e. The van der Waals surface area contributed by atoms with Crippen LogP contribution in [-0.2, 0) is 12.8 Å². The smallest absolute Gasteiger partial charge is 0.123 e. The Hall–Kier alpha value is -1.39. The zero-order chi connectivity index (χ0) is 14.5. The van der Waals surface area contributed by atoms with Gasteiger partial charge in [-0.25, -0.2) is 4.98 Å². The molecule has 4 heteroatoms. The Morgan fingerprint density at radius 3 is 2.75 bits per heavy atom. The van der Waals surface area contributed by atoms with Crippen LogP contribution in [0.15, 0.2) is 24.3 Å². The van der Waals surface area contributed by atoms with Crippen molar-refractivity contribution in [1.29, 1.82) is 0 Å². The summed E-state index contributed by atoms with van der Waals surface area (Å²) in [5.41, 5.74) is 7.92. The van der Waals surface area contributed by atoms with Crippen molar-refractivity contribution in [1.82, 2.24) is 4.98 Å². The van der Waals surface area contributed by atoms with Gasteiger partial charge in [0.2, 0.25) is 0 Å². The highest BCUT2D eigenvalue weighted by Gasteiger charge is 2.11. The molecule has 1 aromatic carbocycles. The molecule has 0 aliphatic rings. The minimum absolute atomic E-state index is 0.187. The number of para-hydroxylation sites is 1. The van der Waals surface area contributed by atoms with Crippen molar-refractivity contribution in [2.24, 2.45) is 5.73 Å². The molecule has 2 N–H and O–H groups in total. The molecule has 3 nitrogen and oxygen atoms in total. The summed E-state index contributed by atoms with van der Waals surface area (Å²) in [6.45, 7) is 6.82. The Bertz CT molecular complexity index is 563. The zero-order valence-corrected chi connectivity index (χ0v) is 13.2. The van der Waals surface area contributed by atoms with E-state index in [9.17, 15) is 0 Å². The molecular formula is C16H22N2OS. The van der Waals surface area contributed by atoms with Gasteiger partial charge >= 0.3 is 0 Å². The summed E-state index contributed by atoms with van der Waals surface area (Å²) in [7, 11) is 0. The van der Waals surface area contributed by atoms with Crippen LogP contribution in [0.5, 0.6) is 5.75 Å². The number of hydrogen-bond acceptors (Lipinski definition) is 4. The standard InChI is InChI=1S/C16H22N2OS/c1-11(2)19-14-7-5-4-6-13(14)10-15-12(3)18-16(20-15)8-9-17/h4-7,11H,8-10,17H2,1-3H3. The average Bonchev–Trinajstić information content (AvgIpc) is 2.72. The number of aryl methyl sites for hydroxylation is 1. The first kappa shape index (κ1) is 15.0. The van der Waals surface area contributed by atoms with Crippen molar-refractivity contribution in [2.45, 2.75) is 39.7 Å². The van der Waals surface area contributed by atoms with Gasteiger partial charge in [0.05, 0.1) is 16.8 Å². The normalized spacial score (nSPS) is 11.1. The van der Waals surface area contributed by atoms with Crippen molar-refractivity contribution in [2.75, 3.05) is 6.54 Å². The Balaban J connectivity index is 2.21. The summed E-state index contributed by atoms with van der Waals surface area (Å²) in [5.74, 6) is 0.968. The Labute approximate surface area is 124 Å². The molecule has 20 heavy (non-hydrogen) atoms. The number of nitrogens with zero attached hydrogens (tertiary/aromatic N) is 1. The van der Waals surface area contributed by atoms with E-state index in [4.69, 9.17) is 10.5 Å². The quantitative estimate of drug-likeness (QED) is 0.887. The number of thiazole rings is 1. The topological polar surface area (TPSA) is 48.1 Å². The number of ether oxygens (including phenoxy) is 1. The van der Waals surface area contributed by atoms with Gasteiger partial charge in [0.1, 0.15) is 5.75 Å². The average molecular weight is 290 g/mol. The predicted molar refractivity (Wildman–Crippen MR) is 84.6 cm³/mol. The fourth-order valence-electron chi connectivity index (χ4n) is 2.07. The predicted octanol–water partition coefficient (Wildman–Crippen LogP) is 3.33. The fourth-order valence-corrected chi connectivity index (χ4v) is 3.18. The molecule has 0 saturated heterocycles. The lowest BCUT2D eigenvalue weighted by atomic mass is 10.1. The highest BCUT2D eigenvalue weighted by Crippen LogP contribution is 2.27. The molecule has 0 aliphatic heterocycles. The minimum atomic E-state index is 0.187. The van der Waals surface area contributed by atoms with Crippen LogP contribution in [0.1, 0.15) is 35.0 Å². The van der Waals surface area contributed by atoms with Gasteiger partial charge in [-0.05, 0) is 38.9 Å². The largest absolute Gasteiger partial charge is 0.491 e. The van der Waals surface area contributed by atoms with Gasteiger partial charge in [-0.3, -0.25) is 0 Å². The number of benzene rings is 1. The van der Waals surface area contributed by atoms with Crippen LogP contribution in [0.25, 0.3) is 0 Å². The van der Waals surface area contributed by atoms with E-state index in [1.165, 1.54) is 10.4 Å². The number of hydrogen-bond donors (Lipinski definition) is 1. The first-order valence-electron chi connectivity index (χ1n) is 7.00. The molecule has 0 spiro atoms. The molecule has 1 aromatic heterocycles. The molecule has 0 unspecified atom stereocenters. The molecule has 0 saturated carbocycles. The lowest BCUT2D eigenvalue weighted by Crippen LogP contribution is -2.07. The van der Waals surface area contributed by atoms with E-state index >= 15 is 0 Å². The maximum absolute atomic E-state index is 5.88. The fraction of sp³-hybridized carbons (Fsp3) is 0.438. The van der Waals surface area contributed by atoms with Crippen LogP contribution in [0, 0.1) is 6.92 Å². The molecule has 108 valence electrons. The minimum Gasteiger partial charge on any atom is -0.491 e. The Morgan fingerprint density at radius 2 is 2.05 bits per heavy atom. The van der Waals surface area contributed by atoms with E-state index in [0.717, 1.165) is 29.3 Å². The molecular weight excluding hydrogens is 268 g/mol. The zero-order valence-electron chi connectivity index (χ0n) is 12.3. The Morgan fingerprint density at radius 1 is 1.30 bits per heavy atom. The number of nitrogens with two attached hydrogens (primary N) is 1. The summed E-state index contributed by atoms with van der Waals surface area (Å²) in [4.78, 5) is 5.88. The highest BCUT2D eigenvalue weighted by atomic mass is 32.1. The second-order valence-electron chi connectivity index (χ2n) is 5.11. The first-order chi connectivity index (χ1) is 9.60. The first-order valence-corrected chi connectivity index (χ1v) is 7.81. The molecule has 1 heterocycles. The SMILES string of the molecule is Cc1nc(CCN)sc1Cc1ccccc1OC(C)C. The highest BCUT2D eigenvalue weighted by molar-refractivity contribution is 7.11. The van der Waals surface area contributed by atoms with Gasteiger partial charge in [-0.2, -0.15) is 0 Å². The second kappa shape index (κ2) is 6.86. The monoisotopic (exact) mass is 290 g/mol. The Kier molecular flexibility index (Phi) is 5.15. The van der Waals surface area contributed by atoms with E-state index in [1.807, 2.05) is 26.0 Å². The third-order valence-corrected chi connectivity index (χ3v) is 4.20. The van der Waals surface area contributed by atoms with Crippen LogP contribution in [0.3, 0.4) is 0 Å². The number of rotatable bonds is 6. The van der Waals surface area contributed by atoms with Crippen molar-refractivity contribution in [3.05, 3.63) is 45.4 Å². The van der Waals surface area contributed by atoms with E-state index < -0.39 is 0 Å². The number of aromatic nitrogens is 1. The van der Waals surface area contributed by atoms with Crippen LogP contribution < -0.4 is 10.5 Å². The van der Waals surface area contributed by atoms with Gasteiger partial charge in [0.15, 0.2) is 0 Å². The van der Waals surface area contributed by atoms with E-state index in [1.54, 1.807) is 11.3 Å². The third kappa shape index (κ3) is 3.81. The van der Waals surface area contributed by atoms with Crippen molar-refractivity contribution >= 4 is 11.3 Å². The van der Waals surface area contributed by atoms with Gasteiger partial charge in [-0.15, -0.1) is 11.3 Å². The van der Waals surface area contributed by atoms with Gasteiger partial charge in [0.25, 0.3) is 0 Å². The molecule has 0 amide bonds. The molecule has 0 atom stereocenters. The van der Waals surface area contributed by atoms with Crippen LogP contribution in [-0.4, -0.2) is 17.6 Å². The second-order valence-corrected chi connectivity index (χ2v) is 6.27.